The molecule has 0 aliphatic heterocycles. The van der Waals surface area contributed by atoms with E-state index in [0.29, 0.717) is 18.2 Å². The van der Waals surface area contributed by atoms with Gasteiger partial charge in [-0.25, -0.2) is 0 Å². The minimum Gasteiger partial charge on any atom is -0.355 e. The van der Waals surface area contributed by atoms with E-state index in [2.05, 4.69) is 20.8 Å². The minimum absolute atomic E-state index is 0.0156. The number of aromatic amines is 1. The summed E-state index contributed by atoms with van der Waals surface area (Å²) in [6, 6.07) is 1.75. The van der Waals surface area contributed by atoms with E-state index in [4.69, 9.17) is 0 Å². The summed E-state index contributed by atoms with van der Waals surface area (Å²) in [6.45, 7) is 2.37. The third kappa shape index (κ3) is 3.05. The van der Waals surface area contributed by atoms with Crippen molar-refractivity contribution < 1.29 is 9.59 Å². The van der Waals surface area contributed by atoms with Gasteiger partial charge < -0.3 is 10.6 Å². The van der Waals surface area contributed by atoms with Gasteiger partial charge in [-0.1, -0.05) is 0 Å². The zero-order valence-corrected chi connectivity index (χ0v) is 9.75. The SMILES string of the molecule is CCNC(=O)CNC(=O)c1cc(C2CC2)[nH]n1. The van der Waals surface area contributed by atoms with Crippen LogP contribution in [0.25, 0.3) is 0 Å². The number of H-pyrrole nitrogens is 1. The molecular weight excluding hydrogens is 220 g/mol. The smallest absolute Gasteiger partial charge is 0.272 e. The molecule has 92 valence electrons. The van der Waals surface area contributed by atoms with Crippen LogP contribution in [0.15, 0.2) is 6.07 Å². The molecule has 3 N–H and O–H groups in total. The molecule has 0 radical (unpaired) electrons. The van der Waals surface area contributed by atoms with Crippen molar-refractivity contribution in [1.82, 2.24) is 20.8 Å². The molecule has 0 bridgehead atoms. The van der Waals surface area contributed by atoms with Crippen molar-refractivity contribution in [3.63, 3.8) is 0 Å². The van der Waals surface area contributed by atoms with Gasteiger partial charge in [0.25, 0.3) is 5.91 Å². The molecule has 0 spiro atoms. The van der Waals surface area contributed by atoms with Gasteiger partial charge in [0, 0.05) is 18.2 Å². The first kappa shape index (κ1) is 11.6. The van der Waals surface area contributed by atoms with E-state index in [0.717, 1.165) is 18.5 Å². The molecule has 1 heterocycles. The van der Waals surface area contributed by atoms with Gasteiger partial charge in [-0.3, -0.25) is 14.7 Å². The van der Waals surface area contributed by atoms with E-state index in [1.165, 1.54) is 0 Å². The molecule has 0 aromatic carbocycles. The van der Waals surface area contributed by atoms with Gasteiger partial charge in [0.2, 0.25) is 5.91 Å². The molecule has 0 saturated heterocycles. The average molecular weight is 236 g/mol. The van der Waals surface area contributed by atoms with Gasteiger partial charge in [0.1, 0.15) is 5.69 Å². The lowest BCUT2D eigenvalue weighted by molar-refractivity contribution is -0.120. The number of amides is 2. The second-order valence-corrected chi connectivity index (χ2v) is 4.12. The number of aromatic nitrogens is 2. The number of carbonyl (C=O) groups excluding carboxylic acids is 2. The largest absolute Gasteiger partial charge is 0.355 e. The fraction of sp³-hybridized carbons (Fsp3) is 0.545. The van der Waals surface area contributed by atoms with Crippen LogP contribution >= 0.6 is 0 Å². The predicted molar refractivity (Wildman–Crippen MR) is 61.6 cm³/mol. The van der Waals surface area contributed by atoms with Gasteiger partial charge in [0.15, 0.2) is 0 Å². The van der Waals surface area contributed by atoms with Gasteiger partial charge >= 0.3 is 0 Å². The molecule has 2 rings (SSSR count). The third-order valence-corrected chi connectivity index (χ3v) is 2.63. The topological polar surface area (TPSA) is 86.9 Å². The number of nitrogens with one attached hydrogen (secondary N) is 3. The highest BCUT2D eigenvalue weighted by atomic mass is 16.2. The Morgan fingerprint density at radius 1 is 1.47 bits per heavy atom. The summed E-state index contributed by atoms with van der Waals surface area (Å²) in [6.07, 6.45) is 2.31. The van der Waals surface area contributed by atoms with E-state index < -0.39 is 0 Å². The summed E-state index contributed by atoms with van der Waals surface area (Å²) in [4.78, 5) is 22.8. The fourth-order valence-corrected chi connectivity index (χ4v) is 1.57. The van der Waals surface area contributed by atoms with E-state index in [-0.39, 0.29) is 18.4 Å². The highest BCUT2D eigenvalue weighted by Crippen LogP contribution is 2.38. The van der Waals surface area contributed by atoms with Crippen LogP contribution in [0.1, 0.15) is 41.9 Å². The number of carbonyl (C=O) groups is 2. The van der Waals surface area contributed by atoms with Crippen LogP contribution in [0.5, 0.6) is 0 Å². The summed E-state index contributed by atoms with van der Waals surface area (Å²) in [5.74, 6) is 0.0191. The number of rotatable bonds is 5. The Balaban J connectivity index is 1.83. The molecule has 1 aliphatic rings. The summed E-state index contributed by atoms with van der Waals surface area (Å²) in [5, 5.41) is 11.9. The number of nitrogens with zero attached hydrogens (tertiary/aromatic N) is 1. The van der Waals surface area contributed by atoms with Crippen LogP contribution in [0.3, 0.4) is 0 Å². The van der Waals surface area contributed by atoms with Crippen LogP contribution in [-0.2, 0) is 4.79 Å². The lowest BCUT2D eigenvalue weighted by Gasteiger charge is -2.02. The molecule has 1 aliphatic carbocycles. The summed E-state index contributed by atoms with van der Waals surface area (Å²) < 4.78 is 0. The zero-order chi connectivity index (χ0) is 12.3. The van der Waals surface area contributed by atoms with Crippen LogP contribution < -0.4 is 10.6 Å². The maximum Gasteiger partial charge on any atom is 0.272 e. The van der Waals surface area contributed by atoms with Crippen LogP contribution in [-0.4, -0.2) is 35.1 Å². The summed E-state index contributed by atoms with van der Waals surface area (Å²) in [7, 11) is 0. The molecule has 0 unspecified atom stereocenters. The zero-order valence-electron chi connectivity index (χ0n) is 9.75. The first-order valence-electron chi connectivity index (χ1n) is 5.81. The van der Waals surface area contributed by atoms with Crippen LogP contribution in [0, 0.1) is 0 Å². The number of likely N-dealkylation sites (N-methyl/N-ethyl adjacent to an activating group) is 1. The van der Waals surface area contributed by atoms with Gasteiger partial charge in [0.05, 0.1) is 6.54 Å². The first-order valence-corrected chi connectivity index (χ1v) is 5.81. The number of hydrogen-bond donors (Lipinski definition) is 3. The van der Waals surface area contributed by atoms with Crippen molar-refractivity contribution >= 4 is 11.8 Å². The Labute approximate surface area is 99.2 Å². The molecule has 0 atom stereocenters. The Morgan fingerprint density at radius 3 is 2.88 bits per heavy atom. The van der Waals surface area contributed by atoms with Gasteiger partial charge in [-0.2, -0.15) is 5.10 Å². The molecule has 17 heavy (non-hydrogen) atoms. The predicted octanol–water partition coefficient (Wildman–Crippen LogP) is 0.153. The minimum atomic E-state index is -0.320. The van der Waals surface area contributed by atoms with E-state index in [1.807, 2.05) is 6.92 Å². The molecule has 2 amide bonds. The van der Waals surface area contributed by atoms with E-state index in [9.17, 15) is 9.59 Å². The molecule has 1 aromatic rings. The molecular formula is C11H16N4O2. The van der Waals surface area contributed by atoms with Crippen molar-refractivity contribution in [2.45, 2.75) is 25.7 Å². The highest BCUT2D eigenvalue weighted by Gasteiger charge is 2.26. The molecule has 6 nitrogen and oxygen atoms in total. The van der Waals surface area contributed by atoms with Crippen LogP contribution in [0.2, 0.25) is 0 Å². The highest BCUT2D eigenvalue weighted by molar-refractivity contribution is 5.94. The van der Waals surface area contributed by atoms with Crippen LogP contribution in [0.4, 0.5) is 0 Å². The normalized spacial score (nSPS) is 14.4. The lowest BCUT2D eigenvalue weighted by atomic mass is 10.2. The monoisotopic (exact) mass is 236 g/mol. The van der Waals surface area contributed by atoms with Crippen molar-refractivity contribution in [3.8, 4) is 0 Å². The molecule has 6 heteroatoms. The Bertz CT molecular complexity index is 423. The average Bonchev–Trinajstić information content (AvgIpc) is 3.05. The van der Waals surface area contributed by atoms with E-state index in [1.54, 1.807) is 6.07 Å². The molecule has 1 aromatic heterocycles. The second kappa shape index (κ2) is 4.99. The number of hydrogen-bond acceptors (Lipinski definition) is 3. The van der Waals surface area contributed by atoms with Gasteiger partial charge in [-0.15, -0.1) is 0 Å². The maximum atomic E-state index is 11.6. The van der Waals surface area contributed by atoms with E-state index >= 15 is 0 Å². The van der Waals surface area contributed by atoms with Crippen molar-refractivity contribution in [2.75, 3.05) is 13.1 Å². The molecule has 1 fully saturated rings. The standard InChI is InChI=1S/C11H16N4O2/c1-2-12-10(16)6-13-11(17)9-5-8(14-15-9)7-3-4-7/h5,7H,2-4,6H2,1H3,(H,12,16)(H,13,17)(H,14,15). The lowest BCUT2D eigenvalue weighted by Crippen LogP contribution is -2.36. The second-order valence-electron chi connectivity index (χ2n) is 4.12. The van der Waals surface area contributed by atoms with Gasteiger partial charge in [-0.05, 0) is 25.8 Å². The molecule has 1 saturated carbocycles. The maximum absolute atomic E-state index is 11.6. The van der Waals surface area contributed by atoms with Crippen molar-refractivity contribution in [2.24, 2.45) is 0 Å². The Kier molecular flexibility index (Phi) is 3.41. The third-order valence-electron chi connectivity index (χ3n) is 2.63. The summed E-state index contributed by atoms with van der Waals surface area (Å²) in [5.41, 5.74) is 1.35. The van der Waals surface area contributed by atoms with Crippen molar-refractivity contribution in [3.05, 3.63) is 17.5 Å². The quantitative estimate of drug-likeness (QED) is 0.680. The summed E-state index contributed by atoms with van der Waals surface area (Å²) >= 11 is 0. The Morgan fingerprint density at radius 2 is 2.24 bits per heavy atom. The fourth-order valence-electron chi connectivity index (χ4n) is 1.57. The first-order chi connectivity index (χ1) is 8.20. The van der Waals surface area contributed by atoms with Crippen molar-refractivity contribution in [1.29, 1.82) is 0 Å². The Hall–Kier alpha value is -1.85.